The van der Waals surface area contributed by atoms with Gasteiger partial charge < -0.3 is 10.1 Å². The van der Waals surface area contributed by atoms with Gasteiger partial charge in [-0.05, 0) is 60.1 Å². The van der Waals surface area contributed by atoms with E-state index in [-0.39, 0.29) is 11.1 Å². The highest BCUT2D eigenvalue weighted by atomic mass is 19.4. The highest BCUT2D eigenvalue weighted by Gasteiger charge is 2.34. The van der Waals surface area contributed by atoms with Gasteiger partial charge in [0.1, 0.15) is 17.9 Å². The molecule has 2 aromatic heterocycles. The largest absolute Gasteiger partial charge is 0.493 e. The lowest BCUT2D eigenvalue weighted by Gasteiger charge is -2.24. The molecule has 0 fully saturated rings. The number of pyridine rings is 1. The molecule has 206 valence electrons. The van der Waals surface area contributed by atoms with E-state index in [1.54, 1.807) is 18.2 Å². The van der Waals surface area contributed by atoms with Crippen molar-refractivity contribution in [3.05, 3.63) is 72.2 Å². The molecule has 1 unspecified atom stereocenters. The Hall–Kier alpha value is -3.68. The molecule has 5 nitrogen and oxygen atoms in total. The van der Waals surface area contributed by atoms with Crippen LogP contribution in [0.2, 0.25) is 0 Å². The normalized spacial score (nSPS) is 12.9. The van der Waals surface area contributed by atoms with Gasteiger partial charge in [-0.2, -0.15) is 13.2 Å². The van der Waals surface area contributed by atoms with Crippen molar-refractivity contribution in [2.75, 3.05) is 11.9 Å². The maximum atomic E-state index is 13.6. The Morgan fingerprint density at radius 3 is 2.46 bits per heavy atom. The number of hydrogen-bond acceptors (Lipinski definition) is 5. The number of rotatable bonds is 9. The van der Waals surface area contributed by atoms with E-state index in [0.29, 0.717) is 34.8 Å². The lowest BCUT2D eigenvalue weighted by molar-refractivity contribution is -0.137. The number of aromatic nitrogens is 3. The Morgan fingerprint density at radius 1 is 0.949 bits per heavy atom. The van der Waals surface area contributed by atoms with E-state index in [1.807, 2.05) is 12.1 Å². The molecule has 0 saturated heterocycles. The van der Waals surface area contributed by atoms with Crippen molar-refractivity contribution in [2.45, 2.75) is 65.5 Å². The predicted molar refractivity (Wildman–Crippen MR) is 150 cm³/mol. The van der Waals surface area contributed by atoms with Crippen molar-refractivity contribution < 1.29 is 17.9 Å². The fourth-order valence-electron chi connectivity index (χ4n) is 4.46. The first kappa shape index (κ1) is 28.3. The second kappa shape index (κ2) is 11.6. The van der Waals surface area contributed by atoms with E-state index < -0.39 is 11.7 Å². The molecule has 2 aromatic carbocycles. The van der Waals surface area contributed by atoms with Gasteiger partial charge in [0, 0.05) is 28.9 Å². The first-order valence-electron chi connectivity index (χ1n) is 13.3. The van der Waals surface area contributed by atoms with Gasteiger partial charge in [-0.15, -0.1) is 0 Å². The Labute approximate surface area is 227 Å². The first-order chi connectivity index (χ1) is 18.5. The molecule has 8 heteroatoms. The van der Waals surface area contributed by atoms with Gasteiger partial charge in [-0.1, -0.05) is 53.2 Å². The van der Waals surface area contributed by atoms with E-state index in [1.165, 1.54) is 18.6 Å². The Bertz CT molecular complexity index is 1430. The predicted octanol–water partition coefficient (Wildman–Crippen LogP) is 8.96. The third-order valence-corrected chi connectivity index (χ3v) is 6.87. The molecule has 4 rings (SSSR count). The molecule has 0 amide bonds. The molecular weight excluding hydrogens is 501 g/mol. The molecule has 0 saturated carbocycles. The summed E-state index contributed by atoms with van der Waals surface area (Å²) in [6.45, 7) is 11.6. The number of nitrogens with zero attached hydrogens (tertiary/aromatic N) is 3. The Balaban J connectivity index is 1.63. The zero-order valence-electron chi connectivity index (χ0n) is 23.1. The van der Waals surface area contributed by atoms with Crippen LogP contribution in [0.5, 0.6) is 5.75 Å². The number of halogens is 3. The standard InChI is InChI=1S/C31H35F3N4O/c1-6-20(2)9-8-16-39-27-18-22(12-14-24(27)30(3,4)5)38-29-23-13-11-21(17-26(23)36-19-37-29)28-25(31(32,33)34)10-7-15-35-28/h7,10-15,17-20H,6,8-9,16H2,1-5H3,(H,36,37,38). The van der Waals surface area contributed by atoms with Gasteiger partial charge in [0.15, 0.2) is 0 Å². The number of fused-ring (bicyclic) bond motifs is 1. The van der Waals surface area contributed by atoms with Crippen molar-refractivity contribution in [1.82, 2.24) is 15.0 Å². The van der Waals surface area contributed by atoms with Gasteiger partial charge in [-0.3, -0.25) is 4.98 Å². The van der Waals surface area contributed by atoms with Crippen LogP contribution in [0.4, 0.5) is 24.7 Å². The number of nitrogens with one attached hydrogen (secondary N) is 1. The minimum atomic E-state index is -4.51. The summed E-state index contributed by atoms with van der Waals surface area (Å²) >= 11 is 0. The summed E-state index contributed by atoms with van der Waals surface area (Å²) in [5.74, 6) is 2.05. The van der Waals surface area contributed by atoms with E-state index in [2.05, 4.69) is 61.0 Å². The quantitative estimate of drug-likeness (QED) is 0.216. The van der Waals surface area contributed by atoms with Crippen LogP contribution in [-0.4, -0.2) is 21.6 Å². The van der Waals surface area contributed by atoms with E-state index in [4.69, 9.17) is 4.74 Å². The maximum Gasteiger partial charge on any atom is 0.418 e. The highest BCUT2D eigenvalue weighted by molar-refractivity contribution is 5.93. The second-order valence-corrected chi connectivity index (χ2v) is 10.9. The fraction of sp³-hybridized carbons (Fsp3) is 0.387. The van der Waals surface area contributed by atoms with Gasteiger partial charge >= 0.3 is 6.18 Å². The molecule has 0 bridgehead atoms. The van der Waals surface area contributed by atoms with Crippen LogP contribution in [-0.2, 0) is 11.6 Å². The molecule has 0 radical (unpaired) electrons. The summed E-state index contributed by atoms with van der Waals surface area (Å²) in [6.07, 6.45) is 1.51. The van der Waals surface area contributed by atoms with E-state index >= 15 is 0 Å². The van der Waals surface area contributed by atoms with E-state index in [0.717, 1.165) is 42.3 Å². The van der Waals surface area contributed by atoms with Crippen LogP contribution < -0.4 is 10.1 Å². The zero-order valence-corrected chi connectivity index (χ0v) is 23.1. The monoisotopic (exact) mass is 536 g/mol. The van der Waals surface area contributed by atoms with Crippen LogP contribution in [0.15, 0.2) is 61.1 Å². The summed E-state index contributed by atoms with van der Waals surface area (Å²) in [7, 11) is 0. The SMILES string of the molecule is CCC(C)CCCOc1cc(Nc2ncnc3cc(-c4ncccc4C(F)(F)F)ccc23)ccc1C(C)(C)C. The van der Waals surface area contributed by atoms with Crippen molar-refractivity contribution >= 4 is 22.4 Å². The van der Waals surface area contributed by atoms with Gasteiger partial charge in [-0.25, -0.2) is 9.97 Å². The average molecular weight is 537 g/mol. The number of anilines is 2. The summed E-state index contributed by atoms with van der Waals surface area (Å²) in [6, 6.07) is 13.3. The molecule has 2 heterocycles. The second-order valence-electron chi connectivity index (χ2n) is 10.9. The van der Waals surface area contributed by atoms with Crippen molar-refractivity contribution in [3.63, 3.8) is 0 Å². The Morgan fingerprint density at radius 2 is 1.74 bits per heavy atom. The smallest absolute Gasteiger partial charge is 0.418 e. The highest BCUT2D eigenvalue weighted by Crippen LogP contribution is 2.38. The topological polar surface area (TPSA) is 59.9 Å². The molecule has 0 spiro atoms. The van der Waals surface area contributed by atoms with Crippen LogP contribution in [0.3, 0.4) is 0 Å². The molecule has 4 aromatic rings. The van der Waals surface area contributed by atoms with Gasteiger partial charge in [0.05, 0.1) is 23.4 Å². The van der Waals surface area contributed by atoms with Gasteiger partial charge in [0.2, 0.25) is 0 Å². The van der Waals surface area contributed by atoms with Gasteiger partial charge in [0.25, 0.3) is 0 Å². The van der Waals surface area contributed by atoms with Crippen molar-refractivity contribution in [3.8, 4) is 17.0 Å². The number of benzene rings is 2. The average Bonchev–Trinajstić information content (AvgIpc) is 2.90. The van der Waals surface area contributed by atoms with Crippen LogP contribution in [0.1, 0.15) is 65.0 Å². The van der Waals surface area contributed by atoms with Crippen LogP contribution >= 0.6 is 0 Å². The molecule has 0 aliphatic heterocycles. The zero-order chi connectivity index (χ0) is 28.2. The van der Waals surface area contributed by atoms with Crippen LogP contribution in [0.25, 0.3) is 22.2 Å². The molecule has 39 heavy (non-hydrogen) atoms. The van der Waals surface area contributed by atoms with Crippen molar-refractivity contribution in [2.24, 2.45) is 5.92 Å². The summed E-state index contributed by atoms with van der Waals surface area (Å²) in [5.41, 5.74) is 1.75. The minimum absolute atomic E-state index is 0.0939. The molecule has 0 aliphatic rings. The fourth-order valence-corrected chi connectivity index (χ4v) is 4.46. The number of alkyl halides is 3. The molecule has 1 atom stereocenters. The Kier molecular flexibility index (Phi) is 8.42. The number of hydrogen-bond donors (Lipinski definition) is 1. The third-order valence-electron chi connectivity index (χ3n) is 6.87. The molecule has 1 N–H and O–H groups in total. The summed E-state index contributed by atoms with van der Waals surface area (Å²) in [4.78, 5) is 12.7. The molecule has 0 aliphatic carbocycles. The maximum absolute atomic E-state index is 13.6. The van der Waals surface area contributed by atoms with E-state index in [9.17, 15) is 13.2 Å². The summed E-state index contributed by atoms with van der Waals surface area (Å²) in [5, 5.41) is 4.03. The third kappa shape index (κ3) is 6.85. The lowest BCUT2D eigenvalue weighted by Crippen LogP contribution is -2.14. The van der Waals surface area contributed by atoms with Crippen molar-refractivity contribution in [1.29, 1.82) is 0 Å². The minimum Gasteiger partial charge on any atom is -0.493 e. The lowest BCUT2D eigenvalue weighted by atomic mass is 9.86. The molecular formula is C31H35F3N4O. The first-order valence-corrected chi connectivity index (χ1v) is 13.3. The summed E-state index contributed by atoms with van der Waals surface area (Å²) < 4.78 is 46.9. The van der Waals surface area contributed by atoms with Crippen LogP contribution in [0, 0.1) is 5.92 Å². The number of ether oxygens (including phenoxy) is 1.